The highest BCUT2D eigenvalue weighted by atomic mass is 31.0. The molecule has 94 valence electrons. The molecule has 3 unspecified atom stereocenters. The monoisotopic (exact) mass is 248 g/mol. The largest absolute Gasteiger partial charge is 0.348 e. The van der Waals surface area contributed by atoms with Gasteiger partial charge >= 0.3 is 0 Å². The third-order valence-corrected chi connectivity index (χ3v) is 3.38. The molecule has 0 spiro atoms. The Hall–Kier alpha value is 0.270. The zero-order valence-corrected chi connectivity index (χ0v) is 11.5. The molecular formula is C11H21O4P. The predicted octanol–water partition coefficient (Wildman–Crippen LogP) is 1.74. The molecule has 2 rings (SSSR count). The molecule has 2 saturated heterocycles. The molecule has 2 aliphatic heterocycles. The van der Waals surface area contributed by atoms with Gasteiger partial charge in [-0.05, 0) is 20.8 Å². The maximum absolute atomic E-state index is 5.92. The van der Waals surface area contributed by atoms with Gasteiger partial charge in [-0.25, -0.2) is 0 Å². The maximum Gasteiger partial charge on any atom is 0.163 e. The van der Waals surface area contributed by atoms with Gasteiger partial charge in [0.1, 0.15) is 6.10 Å². The molecule has 4 nitrogen and oxygen atoms in total. The maximum atomic E-state index is 5.92. The molecule has 0 N–H and O–H groups in total. The minimum absolute atomic E-state index is 0.00419. The van der Waals surface area contributed by atoms with Crippen LogP contribution in [0.25, 0.3) is 0 Å². The van der Waals surface area contributed by atoms with Crippen molar-refractivity contribution in [1.29, 1.82) is 0 Å². The van der Waals surface area contributed by atoms with E-state index in [4.69, 9.17) is 18.9 Å². The molecule has 0 saturated carbocycles. The van der Waals surface area contributed by atoms with E-state index in [2.05, 4.69) is 16.2 Å². The topological polar surface area (TPSA) is 36.9 Å². The average molecular weight is 248 g/mol. The normalized spacial score (nSPS) is 46.7. The van der Waals surface area contributed by atoms with Crippen molar-refractivity contribution in [2.24, 2.45) is 5.92 Å². The fraction of sp³-hybridized carbons (Fsp3) is 1.00. The molecule has 0 aliphatic carbocycles. The summed E-state index contributed by atoms with van der Waals surface area (Å²) in [5.74, 6) is -0.333. The summed E-state index contributed by atoms with van der Waals surface area (Å²) >= 11 is 0. The summed E-state index contributed by atoms with van der Waals surface area (Å²) in [4.78, 5) is 0. The standard InChI is InChI=1S/C11H21O4P/c1-6-8-9(15-11(3,4)14-8)7(2)13-10(6)12-5-16/h6-10H,5,16H2,1-4H3/t6?,7?,8-,9+,10+/m1/s1. The molecule has 5 heteroatoms. The van der Waals surface area contributed by atoms with Crippen LogP contribution in [-0.4, -0.2) is 36.7 Å². The van der Waals surface area contributed by atoms with Crippen LogP contribution in [0.3, 0.4) is 0 Å². The zero-order valence-electron chi connectivity index (χ0n) is 10.3. The Labute approximate surface area is 99.2 Å². The average Bonchev–Trinajstić information content (AvgIpc) is 2.51. The van der Waals surface area contributed by atoms with Gasteiger partial charge in [0.25, 0.3) is 0 Å². The lowest BCUT2D eigenvalue weighted by Gasteiger charge is -2.39. The van der Waals surface area contributed by atoms with Crippen LogP contribution in [0.1, 0.15) is 27.7 Å². The molecule has 0 aromatic rings. The summed E-state index contributed by atoms with van der Waals surface area (Å²) < 4.78 is 23.1. The second-order valence-corrected chi connectivity index (χ2v) is 5.30. The van der Waals surface area contributed by atoms with Gasteiger partial charge in [0.2, 0.25) is 0 Å². The van der Waals surface area contributed by atoms with Crippen molar-refractivity contribution in [3.63, 3.8) is 0 Å². The van der Waals surface area contributed by atoms with Gasteiger partial charge in [-0.15, -0.1) is 9.24 Å². The molecule has 2 fully saturated rings. The molecule has 2 heterocycles. The van der Waals surface area contributed by atoms with Crippen molar-refractivity contribution in [2.75, 3.05) is 6.35 Å². The highest BCUT2D eigenvalue weighted by Gasteiger charge is 2.52. The van der Waals surface area contributed by atoms with Crippen molar-refractivity contribution >= 4 is 9.24 Å². The Kier molecular flexibility index (Phi) is 3.58. The number of fused-ring (bicyclic) bond motifs is 1. The molecule has 2 aliphatic rings. The molecule has 0 radical (unpaired) electrons. The quantitative estimate of drug-likeness (QED) is 0.697. The van der Waals surface area contributed by atoms with Crippen molar-refractivity contribution in [3.8, 4) is 0 Å². The Balaban J connectivity index is 2.11. The van der Waals surface area contributed by atoms with Gasteiger partial charge in [0.15, 0.2) is 12.1 Å². The second kappa shape index (κ2) is 4.51. The van der Waals surface area contributed by atoms with E-state index in [9.17, 15) is 0 Å². The highest BCUT2D eigenvalue weighted by molar-refractivity contribution is 7.16. The smallest absolute Gasteiger partial charge is 0.163 e. The van der Waals surface area contributed by atoms with Crippen LogP contribution in [0.2, 0.25) is 0 Å². The number of hydrogen-bond acceptors (Lipinski definition) is 4. The van der Waals surface area contributed by atoms with Gasteiger partial charge in [0.05, 0.1) is 18.6 Å². The van der Waals surface area contributed by atoms with Crippen LogP contribution in [0.5, 0.6) is 0 Å². The molecule has 16 heavy (non-hydrogen) atoms. The Morgan fingerprint density at radius 2 is 1.81 bits per heavy atom. The highest BCUT2D eigenvalue weighted by Crippen LogP contribution is 2.40. The Bertz CT molecular complexity index is 258. The fourth-order valence-electron chi connectivity index (χ4n) is 2.44. The first-order valence-corrected chi connectivity index (χ1v) is 6.59. The summed E-state index contributed by atoms with van der Waals surface area (Å²) in [5, 5.41) is 0. The van der Waals surface area contributed by atoms with Crippen LogP contribution >= 0.6 is 9.24 Å². The van der Waals surface area contributed by atoms with Gasteiger partial charge in [-0.2, -0.15) is 0 Å². The van der Waals surface area contributed by atoms with Gasteiger partial charge in [0, 0.05) is 5.92 Å². The summed E-state index contributed by atoms with van der Waals surface area (Å²) in [5.41, 5.74) is 0. The van der Waals surface area contributed by atoms with Gasteiger partial charge in [-0.3, -0.25) is 0 Å². The lowest BCUT2D eigenvalue weighted by Crippen LogP contribution is -2.51. The third kappa shape index (κ3) is 2.27. The number of hydrogen-bond donors (Lipinski definition) is 0. The zero-order chi connectivity index (χ0) is 11.9. The summed E-state index contributed by atoms with van der Waals surface area (Å²) in [7, 11) is 2.54. The van der Waals surface area contributed by atoms with Crippen LogP contribution in [0.4, 0.5) is 0 Å². The predicted molar refractivity (Wildman–Crippen MR) is 63.0 cm³/mol. The third-order valence-electron chi connectivity index (χ3n) is 3.18. The minimum Gasteiger partial charge on any atom is -0.348 e. The van der Waals surface area contributed by atoms with Crippen LogP contribution < -0.4 is 0 Å². The molecule has 0 aromatic carbocycles. The number of ether oxygens (including phenoxy) is 4. The molecule has 0 amide bonds. The van der Waals surface area contributed by atoms with Crippen molar-refractivity contribution in [2.45, 2.75) is 58.1 Å². The van der Waals surface area contributed by atoms with E-state index in [1.807, 2.05) is 20.8 Å². The fourth-order valence-corrected chi connectivity index (χ4v) is 2.63. The molecular weight excluding hydrogens is 227 g/mol. The number of rotatable bonds is 2. The summed E-state index contributed by atoms with van der Waals surface area (Å²) in [6, 6.07) is 0. The lowest BCUT2D eigenvalue weighted by molar-refractivity contribution is -0.245. The first kappa shape index (κ1) is 12.7. The Morgan fingerprint density at radius 3 is 2.44 bits per heavy atom. The minimum atomic E-state index is -0.517. The van der Waals surface area contributed by atoms with E-state index in [1.54, 1.807) is 0 Å². The van der Waals surface area contributed by atoms with E-state index in [1.165, 1.54) is 0 Å². The Morgan fingerprint density at radius 1 is 1.19 bits per heavy atom. The second-order valence-electron chi connectivity index (χ2n) is 4.97. The summed E-state index contributed by atoms with van der Waals surface area (Å²) in [6.45, 7) is 7.97. The van der Waals surface area contributed by atoms with Crippen molar-refractivity contribution in [3.05, 3.63) is 0 Å². The van der Waals surface area contributed by atoms with E-state index in [0.29, 0.717) is 6.35 Å². The lowest BCUT2D eigenvalue weighted by atomic mass is 9.93. The van der Waals surface area contributed by atoms with Crippen LogP contribution in [-0.2, 0) is 18.9 Å². The molecule has 6 atom stereocenters. The van der Waals surface area contributed by atoms with E-state index >= 15 is 0 Å². The van der Waals surface area contributed by atoms with Crippen LogP contribution in [0.15, 0.2) is 0 Å². The van der Waals surface area contributed by atoms with Crippen LogP contribution in [0, 0.1) is 5.92 Å². The van der Waals surface area contributed by atoms with E-state index in [0.717, 1.165) is 0 Å². The van der Waals surface area contributed by atoms with Gasteiger partial charge < -0.3 is 18.9 Å². The van der Waals surface area contributed by atoms with Crippen molar-refractivity contribution < 1.29 is 18.9 Å². The molecule has 0 bridgehead atoms. The molecule has 0 aromatic heterocycles. The van der Waals surface area contributed by atoms with E-state index in [-0.39, 0.29) is 30.5 Å². The summed E-state index contributed by atoms with van der Waals surface area (Å²) in [6.07, 6.45) is 0.439. The van der Waals surface area contributed by atoms with Gasteiger partial charge in [-0.1, -0.05) is 6.92 Å². The first-order valence-electron chi connectivity index (χ1n) is 5.77. The SMILES string of the molecule is CC1[C@@H](OCP)OC(C)[C@@H]2OC(C)(C)O[C@H]12. The first-order chi connectivity index (χ1) is 7.44. The van der Waals surface area contributed by atoms with Crippen molar-refractivity contribution in [1.82, 2.24) is 0 Å². The van der Waals surface area contributed by atoms with E-state index < -0.39 is 5.79 Å².